The van der Waals surface area contributed by atoms with Crippen LogP contribution in [0.5, 0.6) is 5.75 Å². The second-order valence-electron chi connectivity index (χ2n) is 3.92. The predicted octanol–water partition coefficient (Wildman–Crippen LogP) is 1.40. The molecule has 0 unspecified atom stereocenters. The molecule has 0 spiro atoms. The molecule has 5 nitrogen and oxygen atoms in total. The summed E-state index contributed by atoms with van der Waals surface area (Å²) >= 11 is 0. The van der Waals surface area contributed by atoms with E-state index in [-0.39, 0.29) is 5.91 Å². The summed E-state index contributed by atoms with van der Waals surface area (Å²) in [4.78, 5) is 11.4. The molecular weight excluding hydrogens is 258 g/mol. The topological polar surface area (TPSA) is 56.8 Å². The molecular formula is C15H21NO4. The molecule has 0 fully saturated rings. The fourth-order valence-electron chi connectivity index (χ4n) is 1.37. The van der Waals surface area contributed by atoms with Crippen molar-refractivity contribution in [2.75, 3.05) is 40.1 Å². The number of nitrogens with one attached hydrogen (secondary N) is 1. The monoisotopic (exact) mass is 279 g/mol. The van der Waals surface area contributed by atoms with Gasteiger partial charge in [-0.2, -0.15) is 0 Å². The van der Waals surface area contributed by atoms with Gasteiger partial charge in [-0.25, -0.2) is 0 Å². The Balaban J connectivity index is 2.02. The van der Waals surface area contributed by atoms with Gasteiger partial charge in [-0.15, -0.1) is 0 Å². The second-order valence-corrected chi connectivity index (χ2v) is 3.92. The minimum Gasteiger partial charge on any atom is -0.490 e. The summed E-state index contributed by atoms with van der Waals surface area (Å²) in [5, 5.41) is 2.71. The van der Waals surface area contributed by atoms with Gasteiger partial charge in [-0.3, -0.25) is 4.79 Å². The van der Waals surface area contributed by atoms with Gasteiger partial charge in [-0.1, -0.05) is 18.2 Å². The smallest absolute Gasteiger partial charge is 0.243 e. The number of benzene rings is 1. The first kappa shape index (κ1) is 16.2. The molecule has 1 amide bonds. The molecule has 0 aromatic heterocycles. The third-order valence-electron chi connectivity index (χ3n) is 2.34. The Bertz CT molecular complexity index is 392. The van der Waals surface area contributed by atoms with Gasteiger partial charge >= 0.3 is 0 Å². The first-order valence-electron chi connectivity index (χ1n) is 6.52. The quantitative estimate of drug-likeness (QED) is 0.519. The molecule has 1 aromatic carbocycles. The Hall–Kier alpha value is -1.85. The fourth-order valence-corrected chi connectivity index (χ4v) is 1.37. The van der Waals surface area contributed by atoms with E-state index >= 15 is 0 Å². The normalized spacial score (nSPS) is 10.7. The molecule has 0 radical (unpaired) electrons. The molecule has 0 bridgehead atoms. The van der Waals surface area contributed by atoms with Crippen LogP contribution in [0, 0.1) is 0 Å². The lowest BCUT2D eigenvalue weighted by Gasteiger charge is -2.04. The average molecular weight is 279 g/mol. The lowest BCUT2D eigenvalue weighted by molar-refractivity contribution is -0.116. The van der Waals surface area contributed by atoms with Crippen molar-refractivity contribution in [1.29, 1.82) is 0 Å². The molecule has 0 atom stereocenters. The highest BCUT2D eigenvalue weighted by molar-refractivity contribution is 5.87. The molecule has 5 heteroatoms. The number of carbonyl (C=O) groups excluding carboxylic acids is 1. The predicted molar refractivity (Wildman–Crippen MR) is 76.8 cm³/mol. The second kappa shape index (κ2) is 11.0. The summed E-state index contributed by atoms with van der Waals surface area (Å²) < 4.78 is 15.5. The van der Waals surface area contributed by atoms with Crippen LogP contribution in [0.2, 0.25) is 0 Å². The van der Waals surface area contributed by atoms with Crippen LogP contribution in [0.4, 0.5) is 0 Å². The summed E-state index contributed by atoms with van der Waals surface area (Å²) in [7, 11) is 1.62. The molecule has 20 heavy (non-hydrogen) atoms. The van der Waals surface area contributed by atoms with Crippen LogP contribution in [0.1, 0.15) is 0 Å². The molecule has 0 saturated carbocycles. The van der Waals surface area contributed by atoms with E-state index in [1.807, 2.05) is 30.3 Å². The van der Waals surface area contributed by atoms with Crippen molar-refractivity contribution < 1.29 is 19.0 Å². The number of hydrogen-bond acceptors (Lipinski definition) is 4. The summed E-state index contributed by atoms with van der Waals surface area (Å²) in [6, 6.07) is 9.45. The first-order valence-corrected chi connectivity index (χ1v) is 6.52. The molecule has 1 N–H and O–H groups in total. The van der Waals surface area contributed by atoms with Crippen LogP contribution in [0.3, 0.4) is 0 Å². The van der Waals surface area contributed by atoms with Crippen molar-refractivity contribution in [3.63, 3.8) is 0 Å². The summed E-state index contributed by atoms with van der Waals surface area (Å²) in [5.41, 5.74) is 0. The van der Waals surface area contributed by atoms with Crippen LogP contribution < -0.4 is 10.1 Å². The largest absolute Gasteiger partial charge is 0.490 e. The lowest BCUT2D eigenvalue weighted by Crippen LogP contribution is -2.26. The van der Waals surface area contributed by atoms with E-state index in [4.69, 9.17) is 14.2 Å². The maximum atomic E-state index is 11.4. The van der Waals surface area contributed by atoms with Crippen LogP contribution in [0.25, 0.3) is 0 Å². The number of para-hydroxylation sites is 1. The Morgan fingerprint density at radius 1 is 1.20 bits per heavy atom. The van der Waals surface area contributed by atoms with Crippen molar-refractivity contribution in [1.82, 2.24) is 5.32 Å². The van der Waals surface area contributed by atoms with Gasteiger partial charge in [0.2, 0.25) is 5.91 Å². The van der Waals surface area contributed by atoms with Gasteiger partial charge in [0.25, 0.3) is 0 Å². The zero-order chi connectivity index (χ0) is 14.5. The molecule has 0 aliphatic rings. The minimum atomic E-state index is -0.156. The van der Waals surface area contributed by atoms with Crippen molar-refractivity contribution in [3.8, 4) is 5.75 Å². The maximum Gasteiger partial charge on any atom is 0.243 e. The molecule has 0 aliphatic heterocycles. The SMILES string of the molecule is COCCOCCNC(=O)C=CCOc1ccccc1. The molecule has 0 saturated heterocycles. The number of ether oxygens (including phenoxy) is 3. The van der Waals surface area contributed by atoms with Gasteiger partial charge < -0.3 is 19.5 Å². The Morgan fingerprint density at radius 3 is 2.75 bits per heavy atom. The molecule has 1 aromatic rings. The highest BCUT2D eigenvalue weighted by Gasteiger charge is 1.94. The van der Waals surface area contributed by atoms with Crippen molar-refractivity contribution in [3.05, 3.63) is 42.5 Å². The van der Waals surface area contributed by atoms with E-state index in [2.05, 4.69) is 5.32 Å². The van der Waals surface area contributed by atoms with Crippen LogP contribution >= 0.6 is 0 Å². The number of carbonyl (C=O) groups is 1. The lowest BCUT2D eigenvalue weighted by atomic mass is 10.3. The molecule has 110 valence electrons. The van der Waals surface area contributed by atoms with E-state index in [0.717, 1.165) is 5.75 Å². The Labute approximate surface area is 119 Å². The Morgan fingerprint density at radius 2 is 2.00 bits per heavy atom. The van der Waals surface area contributed by atoms with Crippen molar-refractivity contribution in [2.45, 2.75) is 0 Å². The van der Waals surface area contributed by atoms with Gasteiger partial charge in [0.1, 0.15) is 12.4 Å². The summed E-state index contributed by atoms with van der Waals surface area (Å²) in [6.07, 6.45) is 3.13. The zero-order valence-corrected chi connectivity index (χ0v) is 11.7. The van der Waals surface area contributed by atoms with Crippen molar-refractivity contribution in [2.24, 2.45) is 0 Å². The van der Waals surface area contributed by atoms with E-state index in [9.17, 15) is 4.79 Å². The minimum absolute atomic E-state index is 0.156. The molecule has 1 rings (SSSR count). The van der Waals surface area contributed by atoms with Gasteiger partial charge in [-0.05, 0) is 18.2 Å². The maximum absolute atomic E-state index is 11.4. The van der Waals surface area contributed by atoms with Gasteiger partial charge in [0.05, 0.1) is 19.8 Å². The van der Waals surface area contributed by atoms with Crippen LogP contribution in [-0.2, 0) is 14.3 Å². The number of rotatable bonds is 10. The summed E-state index contributed by atoms with van der Waals surface area (Å²) in [6.45, 7) is 2.41. The number of methoxy groups -OCH3 is 1. The third-order valence-corrected chi connectivity index (χ3v) is 2.34. The van der Waals surface area contributed by atoms with Gasteiger partial charge in [0.15, 0.2) is 0 Å². The third kappa shape index (κ3) is 8.29. The average Bonchev–Trinajstić information content (AvgIpc) is 2.48. The first-order chi connectivity index (χ1) is 9.83. The van der Waals surface area contributed by atoms with E-state index in [1.54, 1.807) is 13.2 Å². The number of hydrogen-bond donors (Lipinski definition) is 1. The Kier molecular flexibility index (Phi) is 8.93. The fraction of sp³-hybridized carbons (Fsp3) is 0.400. The zero-order valence-electron chi connectivity index (χ0n) is 11.7. The van der Waals surface area contributed by atoms with Crippen LogP contribution in [0.15, 0.2) is 42.5 Å². The van der Waals surface area contributed by atoms with E-state index in [1.165, 1.54) is 6.08 Å². The van der Waals surface area contributed by atoms with E-state index < -0.39 is 0 Å². The number of amides is 1. The van der Waals surface area contributed by atoms with Crippen molar-refractivity contribution >= 4 is 5.91 Å². The van der Waals surface area contributed by atoms with E-state index in [0.29, 0.717) is 33.0 Å². The molecule has 0 aliphatic carbocycles. The van der Waals surface area contributed by atoms with Crippen LogP contribution in [-0.4, -0.2) is 46.0 Å². The molecule has 0 heterocycles. The standard InChI is InChI=1S/C15H21NO4/c1-18-12-13-19-11-9-16-15(17)8-5-10-20-14-6-3-2-4-7-14/h2-8H,9-13H2,1H3,(H,16,17). The highest BCUT2D eigenvalue weighted by Crippen LogP contribution is 2.07. The summed E-state index contributed by atoms with van der Waals surface area (Å²) in [5.74, 6) is 0.626. The highest BCUT2D eigenvalue weighted by atomic mass is 16.5. The van der Waals surface area contributed by atoms with Gasteiger partial charge in [0, 0.05) is 19.7 Å².